The van der Waals surface area contributed by atoms with Gasteiger partial charge in [0.2, 0.25) is 0 Å². The van der Waals surface area contributed by atoms with Crippen LogP contribution in [0.5, 0.6) is 0 Å². The van der Waals surface area contributed by atoms with E-state index in [1.165, 1.54) is 0 Å². The fourth-order valence-corrected chi connectivity index (χ4v) is 4.06. The van der Waals surface area contributed by atoms with E-state index < -0.39 is 0 Å². The van der Waals surface area contributed by atoms with E-state index in [2.05, 4.69) is 55.7 Å². The fraction of sp³-hybridized carbons (Fsp3) is 0.318. The highest BCUT2D eigenvalue weighted by atomic mass is 15.3. The van der Waals surface area contributed by atoms with Gasteiger partial charge < -0.3 is 14.9 Å². The van der Waals surface area contributed by atoms with Gasteiger partial charge in [0.15, 0.2) is 17.0 Å². The second-order valence-corrected chi connectivity index (χ2v) is 8.02. The van der Waals surface area contributed by atoms with Crippen molar-refractivity contribution in [2.75, 3.05) is 5.32 Å². The van der Waals surface area contributed by atoms with Crippen LogP contribution in [0.2, 0.25) is 0 Å². The molecule has 4 aromatic heterocycles. The molecule has 0 aliphatic rings. The SMILES string of the molecule is Cc1nn(C)c(C)c1-c1nc2c(NCc3nc4ccccc4[nH]3)ncnc2n1C(C)C. The average Bonchev–Trinajstić information content (AvgIpc) is 3.39. The minimum absolute atomic E-state index is 0.178. The molecule has 2 N–H and O–H groups in total. The van der Waals surface area contributed by atoms with E-state index in [0.717, 1.165) is 50.8 Å². The summed E-state index contributed by atoms with van der Waals surface area (Å²) < 4.78 is 4.04. The Kier molecular flexibility index (Phi) is 4.46. The Hall–Kier alpha value is -3.75. The molecule has 158 valence electrons. The van der Waals surface area contributed by atoms with Crippen molar-refractivity contribution in [1.29, 1.82) is 0 Å². The minimum Gasteiger partial charge on any atom is -0.361 e. The van der Waals surface area contributed by atoms with Crippen molar-refractivity contribution in [1.82, 2.24) is 39.3 Å². The van der Waals surface area contributed by atoms with Crippen LogP contribution in [0.25, 0.3) is 33.6 Å². The number of para-hydroxylation sites is 2. The first-order valence-corrected chi connectivity index (χ1v) is 10.3. The Morgan fingerprint density at radius 2 is 1.90 bits per heavy atom. The number of anilines is 1. The molecule has 0 aliphatic heterocycles. The molecule has 5 aromatic rings. The van der Waals surface area contributed by atoms with Crippen molar-refractivity contribution in [2.24, 2.45) is 7.05 Å². The second-order valence-electron chi connectivity index (χ2n) is 8.02. The third kappa shape index (κ3) is 3.13. The summed E-state index contributed by atoms with van der Waals surface area (Å²) in [6.45, 7) is 8.85. The fourth-order valence-electron chi connectivity index (χ4n) is 4.06. The van der Waals surface area contributed by atoms with Crippen LogP contribution in [0.15, 0.2) is 30.6 Å². The molecule has 0 saturated carbocycles. The van der Waals surface area contributed by atoms with Crippen LogP contribution < -0.4 is 5.32 Å². The highest BCUT2D eigenvalue weighted by molar-refractivity contribution is 5.87. The number of nitrogens with zero attached hydrogens (tertiary/aromatic N) is 7. The molecule has 0 amide bonds. The summed E-state index contributed by atoms with van der Waals surface area (Å²) in [5, 5.41) is 7.96. The number of fused-ring (bicyclic) bond motifs is 2. The molecule has 0 bridgehead atoms. The summed E-state index contributed by atoms with van der Waals surface area (Å²) in [5.41, 5.74) is 6.56. The highest BCUT2D eigenvalue weighted by Gasteiger charge is 2.23. The van der Waals surface area contributed by atoms with E-state index >= 15 is 0 Å². The number of hydrogen-bond acceptors (Lipinski definition) is 6. The second kappa shape index (κ2) is 7.19. The van der Waals surface area contributed by atoms with Crippen LogP contribution in [-0.2, 0) is 13.6 Å². The van der Waals surface area contributed by atoms with Crippen LogP contribution in [0.4, 0.5) is 5.82 Å². The van der Waals surface area contributed by atoms with E-state index in [-0.39, 0.29) is 6.04 Å². The van der Waals surface area contributed by atoms with Gasteiger partial charge >= 0.3 is 0 Å². The highest BCUT2D eigenvalue weighted by Crippen LogP contribution is 2.33. The number of aromatic amines is 1. The van der Waals surface area contributed by atoms with Gasteiger partial charge in [0.1, 0.15) is 18.0 Å². The van der Waals surface area contributed by atoms with Crippen LogP contribution in [0.1, 0.15) is 37.1 Å². The first-order valence-electron chi connectivity index (χ1n) is 10.3. The lowest BCUT2D eigenvalue weighted by molar-refractivity contribution is 0.619. The average molecular weight is 416 g/mol. The van der Waals surface area contributed by atoms with Gasteiger partial charge in [-0.25, -0.2) is 19.9 Å². The number of rotatable bonds is 5. The molecule has 9 nitrogen and oxygen atoms in total. The monoisotopic (exact) mass is 415 g/mol. The normalized spacial score (nSPS) is 11.8. The zero-order chi connectivity index (χ0) is 21.7. The van der Waals surface area contributed by atoms with Gasteiger partial charge in [0.25, 0.3) is 0 Å². The van der Waals surface area contributed by atoms with Crippen molar-refractivity contribution in [3.05, 3.63) is 47.8 Å². The molecule has 4 heterocycles. The number of nitrogens with one attached hydrogen (secondary N) is 2. The molecule has 5 rings (SSSR count). The smallest absolute Gasteiger partial charge is 0.166 e. The quantitative estimate of drug-likeness (QED) is 0.451. The van der Waals surface area contributed by atoms with E-state index in [0.29, 0.717) is 12.4 Å². The maximum absolute atomic E-state index is 4.99. The van der Waals surface area contributed by atoms with Crippen LogP contribution in [0.3, 0.4) is 0 Å². The van der Waals surface area contributed by atoms with Crippen molar-refractivity contribution in [2.45, 2.75) is 40.3 Å². The third-order valence-electron chi connectivity index (χ3n) is 5.59. The van der Waals surface area contributed by atoms with E-state index in [4.69, 9.17) is 4.98 Å². The lowest BCUT2D eigenvalue weighted by atomic mass is 10.2. The summed E-state index contributed by atoms with van der Waals surface area (Å²) in [5.74, 6) is 2.39. The first kappa shape index (κ1) is 19.2. The maximum Gasteiger partial charge on any atom is 0.166 e. The van der Waals surface area contributed by atoms with Gasteiger partial charge in [0, 0.05) is 18.8 Å². The molecule has 0 unspecified atom stereocenters. The molecule has 0 atom stereocenters. The van der Waals surface area contributed by atoms with Crippen molar-refractivity contribution >= 4 is 28.0 Å². The molecule has 31 heavy (non-hydrogen) atoms. The summed E-state index contributed by atoms with van der Waals surface area (Å²) in [6, 6.07) is 8.17. The molecule has 0 fully saturated rings. The summed E-state index contributed by atoms with van der Waals surface area (Å²) in [6.07, 6.45) is 1.58. The molecule has 1 aromatic carbocycles. The van der Waals surface area contributed by atoms with Crippen LogP contribution in [0, 0.1) is 13.8 Å². The summed E-state index contributed by atoms with van der Waals surface area (Å²) in [7, 11) is 1.95. The van der Waals surface area contributed by atoms with Gasteiger partial charge in [-0.2, -0.15) is 5.10 Å². The number of hydrogen-bond donors (Lipinski definition) is 2. The lowest BCUT2D eigenvalue weighted by Gasteiger charge is -2.12. The summed E-state index contributed by atoms with van der Waals surface area (Å²) >= 11 is 0. The maximum atomic E-state index is 4.99. The molecular weight excluding hydrogens is 390 g/mol. The molecule has 0 spiro atoms. The van der Waals surface area contributed by atoms with Crippen molar-refractivity contribution in [3.8, 4) is 11.4 Å². The van der Waals surface area contributed by atoms with E-state index in [1.807, 2.05) is 42.9 Å². The number of H-pyrrole nitrogens is 1. The topological polar surface area (TPSA) is 102 Å². The number of imidazole rings is 2. The molecular formula is C22H25N9. The third-order valence-corrected chi connectivity index (χ3v) is 5.59. The zero-order valence-corrected chi connectivity index (χ0v) is 18.3. The number of aromatic nitrogens is 8. The minimum atomic E-state index is 0.178. The zero-order valence-electron chi connectivity index (χ0n) is 18.3. The largest absolute Gasteiger partial charge is 0.361 e. The Morgan fingerprint density at radius 1 is 1.10 bits per heavy atom. The first-order chi connectivity index (χ1) is 14.9. The van der Waals surface area contributed by atoms with Crippen LogP contribution >= 0.6 is 0 Å². The molecule has 0 aliphatic carbocycles. The molecule has 0 radical (unpaired) electrons. The van der Waals surface area contributed by atoms with Crippen molar-refractivity contribution < 1.29 is 0 Å². The van der Waals surface area contributed by atoms with Gasteiger partial charge in [-0.1, -0.05) is 12.1 Å². The van der Waals surface area contributed by atoms with Crippen molar-refractivity contribution in [3.63, 3.8) is 0 Å². The summed E-state index contributed by atoms with van der Waals surface area (Å²) in [4.78, 5) is 22.0. The van der Waals surface area contributed by atoms with E-state index in [1.54, 1.807) is 6.33 Å². The Morgan fingerprint density at radius 3 is 2.61 bits per heavy atom. The van der Waals surface area contributed by atoms with E-state index in [9.17, 15) is 0 Å². The van der Waals surface area contributed by atoms with Gasteiger partial charge in [0.05, 0.1) is 28.8 Å². The van der Waals surface area contributed by atoms with Crippen LogP contribution in [-0.4, -0.2) is 39.3 Å². The van der Waals surface area contributed by atoms with Gasteiger partial charge in [-0.15, -0.1) is 0 Å². The number of aryl methyl sites for hydroxylation is 2. The standard InChI is InChI=1S/C22H25N9/c1-12(2)31-21(18-13(3)29-30(5)14(18)4)28-19-20(24-11-25-22(19)31)23-10-17-26-15-8-6-7-9-16(15)27-17/h6-9,11-12H,10H2,1-5H3,(H,26,27)(H,23,24,25). The van der Waals surface area contributed by atoms with Gasteiger partial charge in [-0.05, 0) is 39.8 Å². The molecule has 0 saturated heterocycles. The number of benzene rings is 1. The Bertz CT molecular complexity index is 1370. The lowest BCUT2D eigenvalue weighted by Crippen LogP contribution is -2.06. The Labute approximate surface area is 179 Å². The predicted molar refractivity (Wildman–Crippen MR) is 121 cm³/mol. The Balaban J connectivity index is 1.58. The molecule has 9 heteroatoms. The van der Waals surface area contributed by atoms with Gasteiger partial charge in [-0.3, -0.25) is 4.68 Å². The predicted octanol–water partition coefficient (Wildman–Crippen LogP) is 3.91.